The molecule has 26 heavy (non-hydrogen) atoms. The summed E-state index contributed by atoms with van der Waals surface area (Å²) in [6.45, 7) is 6.53. The second-order valence-electron chi connectivity index (χ2n) is 7.42. The minimum absolute atomic E-state index is 0.0649. The van der Waals surface area contributed by atoms with Crippen LogP contribution in [0.5, 0.6) is 0 Å². The van der Waals surface area contributed by atoms with Crippen molar-refractivity contribution in [3.8, 4) is 0 Å². The Morgan fingerprint density at radius 3 is 2.23 bits per heavy atom. The first-order chi connectivity index (χ1) is 12.1. The SMILES string of the molecule is CN(C)C(=O)CNC(=NCc1ccccc1)N(C)CC(=O)NC(C)(C)C. The number of hydrogen-bond acceptors (Lipinski definition) is 3. The molecule has 144 valence electrons. The molecule has 0 radical (unpaired) electrons. The molecule has 1 aromatic rings. The summed E-state index contributed by atoms with van der Waals surface area (Å²) in [4.78, 5) is 31.8. The van der Waals surface area contributed by atoms with Crippen LogP contribution in [0.4, 0.5) is 0 Å². The van der Waals surface area contributed by atoms with Gasteiger partial charge in [-0.05, 0) is 26.3 Å². The van der Waals surface area contributed by atoms with Crippen LogP contribution in [0.1, 0.15) is 26.3 Å². The van der Waals surface area contributed by atoms with E-state index in [0.717, 1.165) is 5.56 Å². The van der Waals surface area contributed by atoms with Crippen LogP contribution >= 0.6 is 0 Å². The molecule has 1 aromatic carbocycles. The summed E-state index contributed by atoms with van der Waals surface area (Å²) < 4.78 is 0. The molecule has 2 amide bonds. The number of amides is 2. The number of guanidine groups is 1. The first-order valence-corrected chi connectivity index (χ1v) is 8.63. The second kappa shape index (κ2) is 9.79. The largest absolute Gasteiger partial charge is 0.350 e. The Morgan fingerprint density at radius 1 is 1.08 bits per heavy atom. The van der Waals surface area contributed by atoms with Crippen LogP contribution < -0.4 is 10.6 Å². The molecule has 0 saturated carbocycles. The molecule has 0 heterocycles. The highest BCUT2D eigenvalue weighted by molar-refractivity contribution is 5.89. The lowest BCUT2D eigenvalue weighted by atomic mass is 10.1. The first kappa shape index (κ1) is 21.5. The maximum Gasteiger partial charge on any atom is 0.241 e. The molecule has 0 fully saturated rings. The zero-order valence-electron chi connectivity index (χ0n) is 16.7. The summed E-state index contributed by atoms with van der Waals surface area (Å²) in [6.07, 6.45) is 0. The molecule has 0 bridgehead atoms. The van der Waals surface area contributed by atoms with Crippen molar-refractivity contribution in [2.75, 3.05) is 34.2 Å². The normalized spacial score (nSPS) is 11.7. The van der Waals surface area contributed by atoms with E-state index in [9.17, 15) is 9.59 Å². The summed E-state index contributed by atoms with van der Waals surface area (Å²) in [5, 5.41) is 5.97. The van der Waals surface area contributed by atoms with E-state index < -0.39 is 0 Å². The van der Waals surface area contributed by atoms with Crippen LogP contribution in [-0.2, 0) is 16.1 Å². The molecular formula is C19H31N5O2. The lowest BCUT2D eigenvalue weighted by Crippen LogP contribution is -2.50. The molecule has 1 rings (SSSR count). The minimum atomic E-state index is -0.298. The van der Waals surface area contributed by atoms with Crippen LogP contribution in [-0.4, -0.2) is 67.3 Å². The first-order valence-electron chi connectivity index (χ1n) is 8.63. The standard InChI is InChI=1S/C19H31N5O2/c1-19(2,3)22-16(25)14-24(6)18(21-13-17(26)23(4)5)20-12-15-10-8-7-9-11-15/h7-11H,12-14H2,1-6H3,(H,20,21)(H,22,25). The molecule has 0 saturated heterocycles. The van der Waals surface area contributed by atoms with Crippen molar-refractivity contribution in [2.45, 2.75) is 32.9 Å². The smallest absolute Gasteiger partial charge is 0.241 e. The molecule has 0 atom stereocenters. The predicted octanol–water partition coefficient (Wildman–Crippen LogP) is 1.07. The van der Waals surface area contributed by atoms with Gasteiger partial charge in [-0.1, -0.05) is 30.3 Å². The van der Waals surface area contributed by atoms with Crippen LogP contribution in [0.2, 0.25) is 0 Å². The third-order valence-electron chi connectivity index (χ3n) is 3.41. The van der Waals surface area contributed by atoms with Gasteiger partial charge in [0, 0.05) is 26.7 Å². The number of rotatable bonds is 6. The third-order valence-corrected chi connectivity index (χ3v) is 3.41. The number of carbonyl (C=O) groups is 2. The summed E-state index contributed by atoms with van der Waals surface area (Å²) in [6, 6.07) is 9.82. The minimum Gasteiger partial charge on any atom is -0.350 e. The van der Waals surface area contributed by atoms with E-state index in [4.69, 9.17) is 0 Å². The second-order valence-corrected chi connectivity index (χ2v) is 7.42. The van der Waals surface area contributed by atoms with Crippen molar-refractivity contribution in [1.82, 2.24) is 20.4 Å². The van der Waals surface area contributed by atoms with Crippen LogP contribution in [0.25, 0.3) is 0 Å². The number of benzene rings is 1. The molecule has 0 aliphatic carbocycles. The number of nitrogens with zero attached hydrogens (tertiary/aromatic N) is 3. The zero-order valence-corrected chi connectivity index (χ0v) is 16.7. The van der Waals surface area contributed by atoms with E-state index >= 15 is 0 Å². The molecule has 7 heteroatoms. The van der Waals surface area contributed by atoms with Gasteiger partial charge < -0.3 is 20.4 Å². The van der Waals surface area contributed by atoms with Crippen molar-refractivity contribution >= 4 is 17.8 Å². The van der Waals surface area contributed by atoms with Crippen molar-refractivity contribution in [2.24, 2.45) is 4.99 Å². The fourth-order valence-corrected chi connectivity index (χ4v) is 2.12. The Morgan fingerprint density at radius 2 is 1.69 bits per heavy atom. The van der Waals surface area contributed by atoms with Gasteiger partial charge in [0.05, 0.1) is 19.6 Å². The molecule has 0 aliphatic rings. The molecule has 2 N–H and O–H groups in total. The van der Waals surface area contributed by atoms with Crippen LogP contribution in [0.3, 0.4) is 0 Å². The molecule has 0 unspecified atom stereocenters. The highest BCUT2D eigenvalue weighted by Crippen LogP contribution is 2.02. The Kier molecular flexibility index (Phi) is 8.09. The van der Waals surface area contributed by atoms with E-state index in [-0.39, 0.29) is 30.4 Å². The van der Waals surface area contributed by atoms with Gasteiger partial charge in [-0.2, -0.15) is 0 Å². The molecule has 0 spiro atoms. The van der Waals surface area contributed by atoms with Crippen molar-refractivity contribution in [3.05, 3.63) is 35.9 Å². The average molecular weight is 361 g/mol. The van der Waals surface area contributed by atoms with Crippen molar-refractivity contribution < 1.29 is 9.59 Å². The van der Waals surface area contributed by atoms with E-state index in [1.165, 1.54) is 4.90 Å². The van der Waals surface area contributed by atoms with E-state index in [2.05, 4.69) is 15.6 Å². The lowest BCUT2D eigenvalue weighted by molar-refractivity contribution is -0.127. The van der Waals surface area contributed by atoms with Gasteiger partial charge >= 0.3 is 0 Å². The van der Waals surface area contributed by atoms with Gasteiger partial charge in [0.2, 0.25) is 11.8 Å². The van der Waals surface area contributed by atoms with Gasteiger partial charge in [0.15, 0.2) is 5.96 Å². The van der Waals surface area contributed by atoms with E-state index in [1.807, 2.05) is 51.1 Å². The van der Waals surface area contributed by atoms with Gasteiger partial charge in [-0.15, -0.1) is 0 Å². The molecule has 0 aliphatic heterocycles. The lowest BCUT2D eigenvalue weighted by Gasteiger charge is -2.26. The topological polar surface area (TPSA) is 77.0 Å². The van der Waals surface area contributed by atoms with Crippen molar-refractivity contribution in [3.63, 3.8) is 0 Å². The van der Waals surface area contributed by atoms with Gasteiger partial charge in [-0.25, -0.2) is 4.99 Å². The molecular weight excluding hydrogens is 330 g/mol. The number of nitrogens with one attached hydrogen (secondary N) is 2. The summed E-state index contributed by atoms with van der Waals surface area (Å²) >= 11 is 0. The fraction of sp³-hybridized carbons (Fsp3) is 0.526. The molecule has 7 nitrogen and oxygen atoms in total. The van der Waals surface area contributed by atoms with Crippen molar-refractivity contribution in [1.29, 1.82) is 0 Å². The maximum absolute atomic E-state index is 12.2. The Balaban J connectivity index is 2.81. The maximum atomic E-state index is 12.2. The summed E-state index contributed by atoms with van der Waals surface area (Å²) in [5.74, 6) is 0.339. The third kappa shape index (κ3) is 8.50. The van der Waals surface area contributed by atoms with E-state index in [1.54, 1.807) is 26.0 Å². The van der Waals surface area contributed by atoms with Crippen LogP contribution in [0.15, 0.2) is 35.3 Å². The highest BCUT2D eigenvalue weighted by Gasteiger charge is 2.17. The Labute approximate surface area is 156 Å². The Bertz CT molecular complexity index is 621. The number of likely N-dealkylation sites (N-methyl/N-ethyl adjacent to an activating group) is 2. The number of carbonyl (C=O) groups excluding carboxylic acids is 2. The summed E-state index contributed by atoms with van der Waals surface area (Å²) in [7, 11) is 5.18. The van der Waals surface area contributed by atoms with Crippen LogP contribution in [0, 0.1) is 0 Å². The summed E-state index contributed by atoms with van der Waals surface area (Å²) in [5.41, 5.74) is 0.756. The predicted molar refractivity (Wildman–Crippen MR) is 105 cm³/mol. The monoisotopic (exact) mass is 361 g/mol. The number of aliphatic imine (C=N–C) groups is 1. The van der Waals surface area contributed by atoms with Gasteiger partial charge in [-0.3, -0.25) is 9.59 Å². The average Bonchev–Trinajstić information content (AvgIpc) is 2.53. The fourth-order valence-electron chi connectivity index (χ4n) is 2.12. The van der Waals surface area contributed by atoms with Gasteiger partial charge in [0.25, 0.3) is 0 Å². The quantitative estimate of drug-likeness (QED) is 0.587. The van der Waals surface area contributed by atoms with E-state index in [0.29, 0.717) is 12.5 Å². The zero-order chi connectivity index (χ0) is 19.7. The highest BCUT2D eigenvalue weighted by atomic mass is 16.2. The molecule has 0 aromatic heterocycles. The Hall–Kier alpha value is -2.57. The van der Waals surface area contributed by atoms with Gasteiger partial charge in [0.1, 0.15) is 0 Å². The number of hydrogen-bond donors (Lipinski definition) is 2.